The number of halogens is 3. The molecule has 0 radical (unpaired) electrons. The second kappa shape index (κ2) is 5.22. The summed E-state index contributed by atoms with van der Waals surface area (Å²) in [5.74, 6) is -1.55. The summed E-state index contributed by atoms with van der Waals surface area (Å²) in [7, 11) is 0. The third-order valence-corrected chi connectivity index (χ3v) is 3.10. The molecule has 19 heavy (non-hydrogen) atoms. The first-order chi connectivity index (χ1) is 8.54. The van der Waals surface area contributed by atoms with Gasteiger partial charge in [-0.15, -0.1) is 0 Å². The highest BCUT2D eigenvalue weighted by Gasteiger charge is 2.37. The molecule has 0 aromatic heterocycles. The smallest absolute Gasteiger partial charge is 0.412 e. The molecule has 0 unspecified atom stereocenters. The van der Waals surface area contributed by atoms with Crippen molar-refractivity contribution in [3.05, 3.63) is 11.6 Å². The molecule has 0 bridgehead atoms. The molecular formula is C12H16F3NO3. The van der Waals surface area contributed by atoms with Gasteiger partial charge in [-0.05, 0) is 20.3 Å². The van der Waals surface area contributed by atoms with Crippen molar-refractivity contribution in [1.29, 1.82) is 0 Å². The monoisotopic (exact) mass is 279 g/mol. The van der Waals surface area contributed by atoms with Gasteiger partial charge in [0.05, 0.1) is 5.41 Å². The van der Waals surface area contributed by atoms with Crippen molar-refractivity contribution in [1.82, 2.24) is 4.90 Å². The maximum atomic E-state index is 12.4. The van der Waals surface area contributed by atoms with Crippen LogP contribution < -0.4 is 0 Å². The average molecular weight is 279 g/mol. The summed E-state index contributed by atoms with van der Waals surface area (Å²) < 4.78 is 37.2. The van der Waals surface area contributed by atoms with Crippen molar-refractivity contribution in [2.24, 2.45) is 5.41 Å². The number of alkyl halides is 3. The van der Waals surface area contributed by atoms with Crippen molar-refractivity contribution in [2.45, 2.75) is 32.9 Å². The first-order valence-electron chi connectivity index (χ1n) is 5.81. The molecule has 1 aliphatic rings. The third kappa shape index (κ3) is 3.97. The molecule has 1 N–H and O–H groups in total. The molecule has 0 spiro atoms. The second-order valence-corrected chi connectivity index (χ2v) is 5.18. The second-order valence-electron chi connectivity index (χ2n) is 5.18. The van der Waals surface area contributed by atoms with Crippen molar-refractivity contribution in [2.75, 3.05) is 13.1 Å². The highest BCUT2D eigenvalue weighted by Crippen LogP contribution is 2.31. The summed E-state index contributed by atoms with van der Waals surface area (Å²) in [6, 6.07) is 0. The topological polar surface area (TPSA) is 57.6 Å². The van der Waals surface area contributed by atoms with Crippen LogP contribution in [0.3, 0.4) is 0 Å². The number of hydrogen-bond donors (Lipinski definition) is 1. The first kappa shape index (κ1) is 15.5. The van der Waals surface area contributed by atoms with Crippen LogP contribution >= 0.6 is 0 Å². The van der Waals surface area contributed by atoms with E-state index in [2.05, 4.69) is 0 Å². The van der Waals surface area contributed by atoms with E-state index in [1.54, 1.807) is 0 Å². The van der Waals surface area contributed by atoms with Crippen LogP contribution in [0, 0.1) is 5.41 Å². The Morgan fingerprint density at radius 3 is 2.32 bits per heavy atom. The van der Waals surface area contributed by atoms with E-state index in [0.29, 0.717) is 0 Å². The van der Waals surface area contributed by atoms with Crippen LogP contribution in [-0.4, -0.2) is 41.1 Å². The van der Waals surface area contributed by atoms with Crippen LogP contribution in [0.25, 0.3) is 0 Å². The normalized spacial score (nSPS) is 17.1. The van der Waals surface area contributed by atoms with Crippen LogP contribution in [0.1, 0.15) is 26.7 Å². The first-order valence-corrected chi connectivity index (χ1v) is 5.81. The van der Waals surface area contributed by atoms with Crippen molar-refractivity contribution < 1.29 is 27.9 Å². The third-order valence-electron chi connectivity index (χ3n) is 3.10. The quantitative estimate of drug-likeness (QED) is 0.806. The highest BCUT2D eigenvalue weighted by molar-refractivity contribution is 5.84. The Balaban J connectivity index is 2.64. The van der Waals surface area contributed by atoms with Crippen LogP contribution in [0.4, 0.5) is 13.2 Å². The fourth-order valence-corrected chi connectivity index (χ4v) is 1.72. The number of carboxylic acid groups (broad SMARTS) is 1. The molecule has 0 fully saturated rings. The van der Waals surface area contributed by atoms with Crippen molar-refractivity contribution >= 4 is 11.9 Å². The standard InChI is InChI=1S/C12H16F3NO3/c1-11(2,10(18)19)7-9(17)16-5-3-8(4-6-16)12(13,14)15/h3H,4-7H2,1-2H3,(H,18,19). The fraction of sp³-hybridized carbons (Fsp3) is 0.667. The van der Waals surface area contributed by atoms with E-state index >= 15 is 0 Å². The van der Waals surface area contributed by atoms with Gasteiger partial charge in [-0.1, -0.05) is 6.08 Å². The summed E-state index contributed by atoms with van der Waals surface area (Å²) in [6.07, 6.45) is -3.84. The van der Waals surface area contributed by atoms with Crippen molar-refractivity contribution in [3.63, 3.8) is 0 Å². The van der Waals surface area contributed by atoms with Crippen LogP contribution in [-0.2, 0) is 9.59 Å². The van der Waals surface area contributed by atoms with Gasteiger partial charge in [-0.3, -0.25) is 9.59 Å². The highest BCUT2D eigenvalue weighted by atomic mass is 19.4. The van der Waals surface area contributed by atoms with E-state index in [1.165, 1.54) is 18.7 Å². The molecule has 0 aromatic carbocycles. The minimum Gasteiger partial charge on any atom is -0.481 e. The summed E-state index contributed by atoms with van der Waals surface area (Å²) in [5.41, 5.74) is -1.85. The minimum atomic E-state index is -4.35. The van der Waals surface area contributed by atoms with E-state index in [9.17, 15) is 22.8 Å². The number of amides is 1. The maximum absolute atomic E-state index is 12.4. The summed E-state index contributed by atoms with van der Waals surface area (Å²) in [5, 5.41) is 8.91. The predicted octanol–water partition coefficient (Wildman–Crippen LogP) is 2.21. The number of carbonyl (C=O) groups is 2. The number of aliphatic carboxylic acids is 1. The fourth-order valence-electron chi connectivity index (χ4n) is 1.72. The molecule has 1 amide bonds. The Hall–Kier alpha value is -1.53. The Kier molecular flexibility index (Phi) is 4.27. The largest absolute Gasteiger partial charge is 0.481 e. The van der Waals surface area contributed by atoms with Gasteiger partial charge >= 0.3 is 12.1 Å². The molecule has 1 heterocycles. The Bertz CT molecular complexity index is 413. The predicted molar refractivity (Wildman–Crippen MR) is 61.4 cm³/mol. The number of hydrogen-bond acceptors (Lipinski definition) is 2. The van der Waals surface area contributed by atoms with Gasteiger partial charge in [0.25, 0.3) is 0 Å². The molecule has 4 nitrogen and oxygen atoms in total. The number of carboxylic acids is 1. The van der Waals surface area contributed by atoms with E-state index in [4.69, 9.17) is 5.11 Å². The van der Waals surface area contributed by atoms with E-state index < -0.39 is 29.0 Å². The van der Waals surface area contributed by atoms with E-state index in [-0.39, 0.29) is 25.9 Å². The van der Waals surface area contributed by atoms with E-state index in [1.807, 2.05) is 0 Å². The van der Waals surface area contributed by atoms with Crippen molar-refractivity contribution in [3.8, 4) is 0 Å². The lowest BCUT2D eigenvalue weighted by molar-refractivity contribution is -0.151. The lowest BCUT2D eigenvalue weighted by atomic mass is 9.88. The van der Waals surface area contributed by atoms with Gasteiger partial charge < -0.3 is 10.0 Å². The molecule has 0 saturated heterocycles. The molecule has 7 heteroatoms. The van der Waals surface area contributed by atoms with Crippen LogP contribution in [0.15, 0.2) is 11.6 Å². The Morgan fingerprint density at radius 1 is 1.37 bits per heavy atom. The summed E-state index contributed by atoms with van der Waals surface area (Å²) in [6.45, 7) is 2.67. The number of carbonyl (C=O) groups excluding carboxylic acids is 1. The molecule has 1 aliphatic heterocycles. The average Bonchev–Trinajstić information content (AvgIpc) is 2.27. The van der Waals surface area contributed by atoms with Gasteiger partial charge in [-0.2, -0.15) is 13.2 Å². The summed E-state index contributed by atoms with van der Waals surface area (Å²) in [4.78, 5) is 24.0. The zero-order valence-corrected chi connectivity index (χ0v) is 10.8. The van der Waals surface area contributed by atoms with Gasteiger partial charge in [0.15, 0.2) is 0 Å². The van der Waals surface area contributed by atoms with Gasteiger partial charge in [0.1, 0.15) is 0 Å². The Labute approximate surface area is 108 Å². The van der Waals surface area contributed by atoms with Crippen LogP contribution in [0.2, 0.25) is 0 Å². The van der Waals surface area contributed by atoms with E-state index in [0.717, 1.165) is 6.08 Å². The van der Waals surface area contributed by atoms with Gasteiger partial charge in [0.2, 0.25) is 5.91 Å². The lowest BCUT2D eigenvalue weighted by Gasteiger charge is -2.29. The molecule has 0 atom stereocenters. The molecule has 0 aromatic rings. The lowest BCUT2D eigenvalue weighted by Crippen LogP contribution is -2.40. The van der Waals surface area contributed by atoms with Gasteiger partial charge in [0, 0.05) is 25.1 Å². The molecule has 0 saturated carbocycles. The van der Waals surface area contributed by atoms with Crippen LogP contribution in [0.5, 0.6) is 0 Å². The zero-order valence-electron chi connectivity index (χ0n) is 10.8. The van der Waals surface area contributed by atoms with Gasteiger partial charge in [-0.25, -0.2) is 0 Å². The number of rotatable bonds is 3. The molecule has 108 valence electrons. The zero-order chi connectivity index (χ0) is 14.8. The minimum absolute atomic E-state index is 0.0279. The Morgan fingerprint density at radius 2 is 1.95 bits per heavy atom. The molecule has 1 rings (SSSR count). The summed E-state index contributed by atoms with van der Waals surface area (Å²) >= 11 is 0. The maximum Gasteiger partial charge on any atom is 0.412 e. The molecule has 0 aliphatic carbocycles. The number of nitrogens with zero attached hydrogens (tertiary/aromatic N) is 1. The molecular weight excluding hydrogens is 263 g/mol. The SMILES string of the molecule is CC(C)(CC(=O)N1CC=C(C(F)(F)F)CC1)C(=O)O.